The highest BCUT2D eigenvalue weighted by molar-refractivity contribution is 7.91. The third-order valence-electron chi connectivity index (χ3n) is 6.29. The maximum atomic E-state index is 14.2. The van der Waals surface area contributed by atoms with Crippen molar-refractivity contribution in [2.24, 2.45) is 0 Å². The summed E-state index contributed by atoms with van der Waals surface area (Å²) in [4.78, 5) is 14.1. The van der Waals surface area contributed by atoms with E-state index in [1.807, 2.05) is 75.4 Å². The lowest BCUT2D eigenvalue weighted by Crippen LogP contribution is -2.15. The van der Waals surface area contributed by atoms with E-state index in [1.165, 1.54) is 0 Å². The Morgan fingerprint density at radius 3 is 1.91 bits per heavy atom. The minimum Gasteiger partial charge on any atom is -0.288 e. The van der Waals surface area contributed by atoms with Gasteiger partial charge in [-0.2, -0.15) is 0 Å². The molecule has 0 N–H and O–H groups in total. The Hall–Kier alpha value is -3.76. The molecule has 5 aromatic rings. The Morgan fingerprint density at radius 2 is 1.24 bits per heavy atom. The third kappa shape index (κ3) is 3.51. The van der Waals surface area contributed by atoms with Crippen molar-refractivity contribution in [1.82, 2.24) is 0 Å². The molecule has 0 amide bonds. The van der Waals surface area contributed by atoms with E-state index in [0.717, 1.165) is 32.8 Å². The van der Waals surface area contributed by atoms with Crippen LogP contribution in [-0.4, -0.2) is 8.42 Å². The molecule has 0 spiro atoms. The van der Waals surface area contributed by atoms with Crippen LogP contribution in [0.3, 0.4) is 0 Å². The molecule has 5 aromatic carbocycles. The molecule has 0 saturated carbocycles. The molecule has 0 aliphatic rings. The van der Waals surface area contributed by atoms with Crippen LogP contribution in [0.2, 0.25) is 0 Å². The number of rotatable bonds is 3. The topological polar surface area (TPSA) is 51.2 Å². The van der Waals surface area contributed by atoms with Crippen molar-refractivity contribution < 1.29 is 8.42 Å². The van der Waals surface area contributed by atoms with E-state index in [0.29, 0.717) is 16.5 Å². The highest BCUT2D eigenvalue weighted by Crippen LogP contribution is 2.39. The van der Waals surface area contributed by atoms with E-state index in [-0.39, 0.29) is 9.79 Å². The molecule has 5 rings (SSSR count). The molecule has 0 bridgehead atoms. The lowest BCUT2D eigenvalue weighted by atomic mass is 9.95. The predicted molar refractivity (Wildman–Crippen MR) is 139 cm³/mol. The zero-order valence-corrected chi connectivity index (χ0v) is 20.1. The number of sulfone groups is 1. The monoisotopic (exact) mass is 464 g/mol. The summed E-state index contributed by atoms with van der Waals surface area (Å²) in [7, 11) is -4.13. The second kappa shape index (κ2) is 8.23. The molecule has 34 heavy (non-hydrogen) atoms. The summed E-state index contributed by atoms with van der Waals surface area (Å²) in [6, 6.07) is 27.4. The molecule has 4 heteroatoms. The number of aryl methyl sites for hydroxylation is 3. The van der Waals surface area contributed by atoms with Crippen LogP contribution >= 0.6 is 0 Å². The Balaban J connectivity index is 2.14. The maximum absolute atomic E-state index is 14.2. The summed E-state index contributed by atoms with van der Waals surface area (Å²) in [5, 5.41) is 2.79. The van der Waals surface area contributed by atoms with E-state index < -0.39 is 15.3 Å². The fraction of sp³-hybridized carbons (Fsp3) is 0.100. The van der Waals surface area contributed by atoms with Crippen molar-refractivity contribution in [3.05, 3.63) is 118 Å². The molecule has 0 unspecified atom stereocenters. The minimum atomic E-state index is -4.13. The van der Waals surface area contributed by atoms with Gasteiger partial charge in [-0.1, -0.05) is 90.0 Å². The first-order valence-electron chi connectivity index (χ1n) is 11.2. The number of fused-ring (bicyclic) bond motifs is 3. The first kappa shape index (κ1) is 22.1. The molecule has 0 aliphatic carbocycles. The van der Waals surface area contributed by atoms with Crippen LogP contribution in [0.4, 0.5) is 0 Å². The molecular weight excluding hydrogens is 440 g/mol. The lowest BCUT2D eigenvalue weighted by molar-refractivity contribution is 0.596. The summed E-state index contributed by atoms with van der Waals surface area (Å²) in [5.74, 6) is 0. The second-order valence-corrected chi connectivity index (χ2v) is 10.7. The molecule has 0 fully saturated rings. The molecule has 0 aromatic heterocycles. The molecule has 0 radical (unpaired) electrons. The van der Waals surface area contributed by atoms with Gasteiger partial charge in [-0.15, -0.1) is 0 Å². The Bertz CT molecular complexity index is 1740. The van der Waals surface area contributed by atoms with Gasteiger partial charge in [0.25, 0.3) is 0 Å². The van der Waals surface area contributed by atoms with Gasteiger partial charge < -0.3 is 0 Å². The Labute approximate surface area is 199 Å². The molecule has 168 valence electrons. The maximum Gasteiger partial charge on any atom is 0.211 e. The van der Waals surface area contributed by atoms with Gasteiger partial charge in [-0.3, -0.25) is 4.79 Å². The van der Waals surface area contributed by atoms with Crippen molar-refractivity contribution in [3.63, 3.8) is 0 Å². The number of hydrogen-bond acceptors (Lipinski definition) is 3. The van der Waals surface area contributed by atoms with Crippen molar-refractivity contribution in [1.29, 1.82) is 0 Å². The molecule has 0 heterocycles. The van der Waals surface area contributed by atoms with Crippen LogP contribution in [0.25, 0.3) is 32.7 Å². The standard InChI is InChI=1S/C30H24O3S/c1-19-13-15-23(16-14-19)34(32,33)30-28(22-9-5-4-6-10-22)27-21(3)17-20(2)18-26(27)24-11-7-8-12-25(24)29(30)31/h4-18H,1-3H3. The van der Waals surface area contributed by atoms with Crippen molar-refractivity contribution in [2.75, 3.05) is 0 Å². The molecule has 0 aliphatic heterocycles. The second-order valence-electron chi connectivity index (χ2n) is 8.77. The van der Waals surface area contributed by atoms with Crippen LogP contribution in [0, 0.1) is 20.8 Å². The summed E-state index contributed by atoms with van der Waals surface area (Å²) < 4.78 is 28.3. The molecule has 0 atom stereocenters. The summed E-state index contributed by atoms with van der Waals surface area (Å²) in [6.45, 7) is 5.89. The van der Waals surface area contributed by atoms with Gasteiger partial charge in [-0.05, 0) is 60.2 Å². The van der Waals surface area contributed by atoms with Gasteiger partial charge >= 0.3 is 0 Å². The molecule has 0 saturated heterocycles. The summed E-state index contributed by atoms with van der Waals surface area (Å²) in [5.41, 5.74) is 3.59. The van der Waals surface area contributed by atoms with Gasteiger partial charge in [0, 0.05) is 10.9 Å². The van der Waals surface area contributed by atoms with Crippen LogP contribution < -0.4 is 5.43 Å². The highest BCUT2D eigenvalue weighted by atomic mass is 32.2. The third-order valence-corrected chi connectivity index (χ3v) is 8.11. The van der Waals surface area contributed by atoms with Crippen LogP contribution in [0.15, 0.2) is 106 Å². The zero-order valence-electron chi connectivity index (χ0n) is 19.3. The first-order chi connectivity index (χ1) is 16.3. The SMILES string of the molecule is Cc1ccc(S(=O)(=O)c2c(-c3ccccc3)c3c(C)cc(C)cc3c3ccccc3c2=O)cc1. The largest absolute Gasteiger partial charge is 0.288 e. The van der Waals surface area contributed by atoms with Crippen LogP contribution in [0.5, 0.6) is 0 Å². The van der Waals surface area contributed by atoms with Gasteiger partial charge in [-0.25, -0.2) is 8.42 Å². The Morgan fingerprint density at radius 1 is 0.618 bits per heavy atom. The zero-order chi connectivity index (χ0) is 24.0. The van der Waals surface area contributed by atoms with E-state index in [2.05, 4.69) is 0 Å². The lowest BCUT2D eigenvalue weighted by Gasteiger charge is -2.13. The van der Waals surface area contributed by atoms with Crippen LogP contribution in [-0.2, 0) is 9.84 Å². The van der Waals surface area contributed by atoms with Gasteiger partial charge in [0.2, 0.25) is 15.3 Å². The van der Waals surface area contributed by atoms with Crippen molar-refractivity contribution in [3.8, 4) is 11.1 Å². The number of benzene rings is 4. The average molecular weight is 465 g/mol. The van der Waals surface area contributed by atoms with Gasteiger partial charge in [0.05, 0.1) is 4.90 Å². The number of hydrogen-bond donors (Lipinski definition) is 0. The molecular formula is C30H24O3S. The fourth-order valence-electron chi connectivity index (χ4n) is 4.75. The fourth-order valence-corrected chi connectivity index (χ4v) is 6.32. The van der Waals surface area contributed by atoms with Gasteiger partial charge in [0.1, 0.15) is 4.90 Å². The quantitative estimate of drug-likeness (QED) is 0.296. The van der Waals surface area contributed by atoms with Crippen molar-refractivity contribution >= 4 is 31.4 Å². The average Bonchev–Trinajstić information content (AvgIpc) is 2.93. The van der Waals surface area contributed by atoms with Crippen molar-refractivity contribution in [2.45, 2.75) is 30.6 Å². The molecule has 3 nitrogen and oxygen atoms in total. The smallest absolute Gasteiger partial charge is 0.211 e. The Kier molecular flexibility index (Phi) is 5.34. The highest BCUT2D eigenvalue weighted by Gasteiger charge is 2.28. The first-order valence-corrected chi connectivity index (χ1v) is 12.6. The van der Waals surface area contributed by atoms with E-state index in [4.69, 9.17) is 0 Å². The van der Waals surface area contributed by atoms with E-state index in [1.54, 1.807) is 36.4 Å². The normalized spacial score (nSPS) is 11.7. The summed E-state index contributed by atoms with van der Waals surface area (Å²) in [6.07, 6.45) is 0. The minimum absolute atomic E-state index is 0.112. The van der Waals surface area contributed by atoms with Crippen LogP contribution in [0.1, 0.15) is 16.7 Å². The van der Waals surface area contributed by atoms with Gasteiger partial charge in [0.15, 0.2) is 0 Å². The van der Waals surface area contributed by atoms with E-state index >= 15 is 0 Å². The van der Waals surface area contributed by atoms with E-state index in [9.17, 15) is 13.2 Å². The predicted octanol–water partition coefficient (Wildman–Crippen LogP) is 6.78. The summed E-state index contributed by atoms with van der Waals surface area (Å²) >= 11 is 0.